The van der Waals surface area contributed by atoms with Gasteiger partial charge in [0.15, 0.2) is 0 Å². The molecule has 4 heterocycles. The minimum absolute atomic E-state index is 0.0664. The summed E-state index contributed by atoms with van der Waals surface area (Å²) in [5.74, 6) is -5.30. The first-order valence-electron chi connectivity index (χ1n) is 11.5. The van der Waals surface area contributed by atoms with Crippen LogP contribution in [0.4, 0.5) is 23.2 Å². The van der Waals surface area contributed by atoms with Gasteiger partial charge in [-0.2, -0.15) is 0 Å². The largest absolute Gasteiger partial charge is 0.381 e. The number of nitrogens with one attached hydrogen (secondary N) is 1. The maximum atomic E-state index is 14.7. The molecule has 190 valence electrons. The number of halogens is 4. The van der Waals surface area contributed by atoms with Gasteiger partial charge in [0.1, 0.15) is 36.4 Å². The normalized spacial score (nSPS) is 20.3. The van der Waals surface area contributed by atoms with Crippen LogP contribution in [0.3, 0.4) is 0 Å². The molecule has 0 saturated carbocycles. The Bertz CT molecular complexity index is 1250. The second-order valence-electron chi connectivity index (χ2n) is 8.76. The van der Waals surface area contributed by atoms with Crippen molar-refractivity contribution in [3.05, 3.63) is 59.4 Å². The molecule has 1 aromatic carbocycles. The number of hydrogen-bond acceptors (Lipinski definition) is 7. The molecule has 2 fully saturated rings. The lowest BCUT2D eigenvalue weighted by Crippen LogP contribution is -2.31. The van der Waals surface area contributed by atoms with Gasteiger partial charge in [0.05, 0.1) is 17.1 Å². The molecule has 5 rings (SSSR count). The van der Waals surface area contributed by atoms with Crippen LogP contribution in [0.1, 0.15) is 59.6 Å². The Hall–Kier alpha value is -3.38. The molecule has 8 nitrogen and oxygen atoms in total. The van der Waals surface area contributed by atoms with Crippen LogP contribution < -0.4 is 5.32 Å². The Balaban J connectivity index is 1.50. The summed E-state index contributed by atoms with van der Waals surface area (Å²) < 4.78 is 71.9. The fourth-order valence-electron chi connectivity index (χ4n) is 4.34. The lowest BCUT2D eigenvalue weighted by molar-refractivity contribution is -0.146. The molecule has 0 radical (unpaired) electrons. The monoisotopic (exact) mass is 506 g/mol. The summed E-state index contributed by atoms with van der Waals surface area (Å²) in [6, 6.07) is 4.30. The maximum Gasteiger partial charge on any atom is 0.294 e. The van der Waals surface area contributed by atoms with Crippen LogP contribution in [0.5, 0.6) is 0 Å². The van der Waals surface area contributed by atoms with Gasteiger partial charge in [0, 0.05) is 37.2 Å². The van der Waals surface area contributed by atoms with Crippen LogP contribution in [0, 0.1) is 11.6 Å². The number of rotatable bonds is 5. The van der Waals surface area contributed by atoms with Crippen LogP contribution >= 0.6 is 0 Å². The van der Waals surface area contributed by atoms with Gasteiger partial charge >= 0.3 is 0 Å². The van der Waals surface area contributed by atoms with Crippen molar-refractivity contribution < 1.29 is 36.4 Å². The van der Waals surface area contributed by atoms with Crippen LogP contribution in [-0.2, 0) is 9.47 Å². The van der Waals surface area contributed by atoms with Crippen molar-refractivity contribution in [2.45, 2.75) is 43.6 Å². The predicted octanol–water partition coefficient (Wildman–Crippen LogP) is 5.04. The number of carbonyl (C=O) groups excluding carboxylic acids is 1. The number of aromatic nitrogens is 3. The summed E-state index contributed by atoms with van der Waals surface area (Å²) in [6.07, 6.45) is 1.06. The molecule has 0 spiro atoms. The van der Waals surface area contributed by atoms with E-state index in [0.29, 0.717) is 18.9 Å². The first-order chi connectivity index (χ1) is 17.3. The number of carbonyl (C=O) groups is 1. The zero-order valence-corrected chi connectivity index (χ0v) is 19.0. The van der Waals surface area contributed by atoms with E-state index in [0.717, 1.165) is 37.4 Å². The van der Waals surface area contributed by atoms with Gasteiger partial charge in [0.25, 0.3) is 11.8 Å². The number of ether oxygens (including phenoxy) is 2. The Morgan fingerprint density at radius 3 is 2.64 bits per heavy atom. The van der Waals surface area contributed by atoms with Crippen molar-refractivity contribution in [1.29, 1.82) is 0 Å². The standard InChI is InChI=1S/C24H22F4N4O4/c25-14-1-2-16(26)15(9-14)20-22(21(30-12-29-20)18-3-6-24(27,28)11-35-18)31-23(33)19-10-17(32-36-19)13-4-7-34-8-5-13/h1-2,9-10,12-13,18H,3-8,11H2,(H,31,33). The molecule has 0 aliphatic carbocycles. The Labute approximate surface area is 203 Å². The van der Waals surface area contributed by atoms with E-state index in [9.17, 15) is 22.4 Å². The fourth-order valence-corrected chi connectivity index (χ4v) is 4.34. The van der Waals surface area contributed by atoms with E-state index in [-0.39, 0.29) is 40.7 Å². The van der Waals surface area contributed by atoms with Crippen molar-refractivity contribution in [2.24, 2.45) is 0 Å². The number of benzene rings is 1. The SMILES string of the molecule is O=C(Nc1c(-c2cc(F)ccc2F)ncnc1C1CCC(F)(F)CO1)c1cc(C2CCOCC2)no1. The van der Waals surface area contributed by atoms with Crippen LogP contribution in [0.2, 0.25) is 0 Å². The van der Waals surface area contributed by atoms with Crippen molar-refractivity contribution in [3.8, 4) is 11.3 Å². The topological polar surface area (TPSA) is 99.4 Å². The highest BCUT2D eigenvalue weighted by molar-refractivity contribution is 6.04. The van der Waals surface area contributed by atoms with E-state index in [1.165, 1.54) is 6.07 Å². The van der Waals surface area contributed by atoms with Gasteiger partial charge in [-0.25, -0.2) is 27.5 Å². The maximum absolute atomic E-state index is 14.7. The highest BCUT2D eigenvalue weighted by atomic mass is 19.3. The van der Waals surface area contributed by atoms with Crippen LogP contribution in [-0.4, -0.2) is 46.8 Å². The minimum atomic E-state index is -3.00. The molecule has 2 saturated heterocycles. The Kier molecular flexibility index (Phi) is 6.71. The number of hydrogen-bond donors (Lipinski definition) is 1. The van der Waals surface area contributed by atoms with Crippen LogP contribution in [0.15, 0.2) is 35.1 Å². The summed E-state index contributed by atoms with van der Waals surface area (Å²) in [4.78, 5) is 21.3. The number of anilines is 1. The summed E-state index contributed by atoms with van der Waals surface area (Å²) in [5.41, 5.74) is 0.205. The molecule has 1 unspecified atom stereocenters. The van der Waals surface area contributed by atoms with Gasteiger partial charge in [-0.1, -0.05) is 5.16 Å². The van der Waals surface area contributed by atoms with E-state index in [1.807, 2.05) is 0 Å². The minimum Gasteiger partial charge on any atom is -0.381 e. The molecule has 36 heavy (non-hydrogen) atoms. The third-order valence-corrected chi connectivity index (χ3v) is 6.26. The Morgan fingerprint density at radius 2 is 1.89 bits per heavy atom. The number of alkyl halides is 2. The molecule has 1 N–H and O–H groups in total. The van der Waals surface area contributed by atoms with E-state index in [4.69, 9.17) is 14.0 Å². The molecular formula is C24H22F4N4O4. The summed E-state index contributed by atoms with van der Waals surface area (Å²) >= 11 is 0. The quantitative estimate of drug-likeness (QED) is 0.484. The lowest BCUT2D eigenvalue weighted by atomic mass is 9.96. The van der Waals surface area contributed by atoms with Crippen LogP contribution in [0.25, 0.3) is 11.3 Å². The van der Waals surface area contributed by atoms with Gasteiger partial charge in [0.2, 0.25) is 5.76 Å². The highest BCUT2D eigenvalue weighted by Crippen LogP contribution is 2.40. The summed E-state index contributed by atoms with van der Waals surface area (Å²) in [5, 5.41) is 6.59. The summed E-state index contributed by atoms with van der Waals surface area (Å²) in [7, 11) is 0. The first kappa shape index (κ1) is 24.3. The third-order valence-electron chi connectivity index (χ3n) is 6.26. The van der Waals surface area contributed by atoms with Crippen molar-refractivity contribution in [3.63, 3.8) is 0 Å². The smallest absolute Gasteiger partial charge is 0.294 e. The zero-order valence-electron chi connectivity index (χ0n) is 19.0. The van der Waals surface area contributed by atoms with E-state index in [2.05, 4.69) is 20.4 Å². The van der Waals surface area contributed by atoms with E-state index in [1.54, 1.807) is 0 Å². The van der Waals surface area contributed by atoms with E-state index < -0.39 is 42.6 Å². The average Bonchev–Trinajstić information content (AvgIpc) is 3.37. The van der Waals surface area contributed by atoms with Crippen molar-refractivity contribution >= 4 is 11.6 Å². The molecule has 0 bridgehead atoms. The van der Waals surface area contributed by atoms with E-state index >= 15 is 0 Å². The molecule has 3 aromatic rings. The van der Waals surface area contributed by atoms with Gasteiger partial charge in [-0.15, -0.1) is 0 Å². The highest BCUT2D eigenvalue weighted by Gasteiger charge is 2.38. The lowest BCUT2D eigenvalue weighted by Gasteiger charge is -2.29. The first-order valence-corrected chi connectivity index (χ1v) is 11.5. The molecule has 2 aliphatic heterocycles. The summed E-state index contributed by atoms with van der Waals surface area (Å²) in [6.45, 7) is 0.314. The van der Waals surface area contributed by atoms with Crippen molar-refractivity contribution in [1.82, 2.24) is 15.1 Å². The Morgan fingerprint density at radius 1 is 1.08 bits per heavy atom. The predicted molar refractivity (Wildman–Crippen MR) is 118 cm³/mol. The molecule has 2 aromatic heterocycles. The fraction of sp³-hybridized carbons (Fsp3) is 0.417. The number of nitrogens with zero attached hydrogens (tertiary/aromatic N) is 3. The van der Waals surface area contributed by atoms with Gasteiger partial charge in [-0.3, -0.25) is 4.79 Å². The molecule has 12 heteroatoms. The van der Waals surface area contributed by atoms with Gasteiger partial charge < -0.3 is 19.3 Å². The zero-order chi connectivity index (χ0) is 25.3. The second-order valence-corrected chi connectivity index (χ2v) is 8.76. The molecule has 2 aliphatic rings. The van der Waals surface area contributed by atoms with Gasteiger partial charge in [-0.05, 0) is 37.5 Å². The third kappa shape index (κ3) is 5.09. The average molecular weight is 506 g/mol. The molecular weight excluding hydrogens is 484 g/mol. The molecule has 1 atom stereocenters. The molecule has 1 amide bonds. The van der Waals surface area contributed by atoms with Crippen molar-refractivity contribution in [2.75, 3.05) is 25.1 Å². The second kappa shape index (κ2) is 9.94. The number of amides is 1.